The number of hydrogen-bond acceptors (Lipinski definition) is 4. The van der Waals surface area contributed by atoms with Gasteiger partial charge in [0.25, 0.3) is 0 Å². The van der Waals surface area contributed by atoms with E-state index in [0.29, 0.717) is 11.4 Å². The predicted octanol–water partition coefficient (Wildman–Crippen LogP) is 4.00. The van der Waals surface area contributed by atoms with Crippen LogP contribution < -0.4 is 9.80 Å². The molecule has 0 N–H and O–H groups in total. The molecule has 0 bridgehead atoms. The quantitative estimate of drug-likeness (QED) is 0.538. The van der Waals surface area contributed by atoms with Crippen LogP contribution in [0.3, 0.4) is 0 Å². The normalized spacial score (nSPS) is 20.6. The van der Waals surface area contributed by atoms with Gasteiger partial charge in [-0.15, -0.1) is 0 Å². The second-order valence-corrected chi connectivity index (χ2v) is 8.71. The van der Waals surface area contributed by atoms with E-state index in [9.17, 15) is 28.0 Å². The first-order chi connectivity index (χ1) is 16.7. The van der Waals surface area contributed by atoms with Gasteiger partial charge in [-0.2, -0.15) is 0 Å². The van der Waals surface area contributed by atoms with E-state index in [1.165, 1.54) is 30.0 Å². The highest BCUT2D eigenvalue weighted by molar-refractivity contribution is 6.25. The molecular weight excluding hydrogens is 454 g/mol. The van der Waals surface area contributed by atoms with Gasteiger partial charge in [-0.3, -0.25) is 19.2 Å². The predicted molar refractivity (Wildman–Crippen MR) is 124 cm³/mol. The Bertz CT molecular complexity index is 1340. The summed E-state index contributed by atoms with van der Waals surface area (Å²) in [7, 11) is 2.99. The maximum Gasteiger partial charge on any atom is 0.238 e. The molecule has 2 atom stereocenters. The Morgan fingerprint density at radius 2 is 1.11 bits per heavy atom. The van der Waals surface area contributed by atoms with E-state index >= 15 is 0 Å². The van der Waals surface area contributed by atoms with Gasteiger partial charge in [0.2, 0.25) is 11.8 Å². The maximum absolute atomic E-state index is 14.4. The van der Waals surface area contributed by atoms with Crippen molar-refractivity contribution in [3.05, 3.63) is 95.1 Å². The molecule has 8 heteroatoms. The van der Waals surface area contributed by atoms with Gasteiger partial charge in [0.05, 0.1) is 11.4 Å². The molecule has 2 unspecified atom stereocenters. The number of rotatable bonds is 3. The van der Waals surface area contributed by atoms with Crippen LogP contribution in [0, 0.1) is 23.5 Å². The van der Waals surface area contributed by atoms with Gasteiger partial charge in [-0.05, 0) is 42.0 Å². The number of hydrogen-bond donors (Lipinski definition) is 0. The number of carbonyl (C=O) groups excluding carboxylic acids is 4. The minimum absolute atomic E-state index is 0.0165. The summed E-state index contributed by atoms with van der Waals surface area (Å²) in [6.45, 7) is 0. The summed E-state index contributed by atoms with van der Waals surface area (Å²) < 4.78 is 28.2. The highest BCUT2D eigenvalue weighted by Gasteiger charge is 2.52. The molecular formula is C27H20F2N2O4. The lowest BCUT2D eigenvalue weighted by Gasteiger charge is -2.40. The van der Waals surface area contributed by atoms with Crippen molar-refractivity contribution in [1.82, 2.24) is 0 Å². The zero-order chi connectivity index (χ0) is 25.0. The van der Waals surface area contributed by atoms with Gasteiger partial charge < -0.3 is 9.80 Å². The van der Waals surface area contributed by atoms with Crippen LogP contribution in [0.25, 0.3) is 0 Å². The molecule has 0 radical (unpaired) electrons. The van der Waals surface area contributed by atoms with Crippen LogP contribution in [0.2, 0.25) is 0 Å². The number of nitrogens with zero attached hydrogens (tertiary/aromatic N) is 2. The topological polar surface area (TPSA) is 74.8 Å². The highest BCUT2D eigenvalue weighted by Crippen LogP contribution is 2.45. The van der Waals surface area contributed by atoms with E-state index in [2.05, 4.69) is 0 Å². The zero-order valence-electron chi connectivity index (χ0n) is 18.9. The number of benzene rings is 3. The van der Waals surface area contributed by atoms with Crippen LogP contribution >= 0.6 is 0 Å². The van der Waals surface area contributed by atoms with E-state index in [0.717, 1.165) is 12.1 Å². The molecule has 2 heterocycles. The number of para-hydroxylation sites is 2. The smallest absolute Gasteiger partial charge is 0.238 e. The number of fused-ring (bicyclic) bond motifs is 2. The third kappa shape index (κ3) is 3.36. The van der Waals surface area contributed by atoms with Crippen LogP contribution in [0.15, 0.2) is 66.7 Å². The summed E-state index contributed by atoms with van der Waals surface area (Å²) in [6.07, 6.45) is 0. The molecule has 0 saturated carbocycles. The Balaban J connectivity index is 1.73. The molecule has 5 rings (SSSR count). The fourth-order valence-corrected chi connectivity index (χ4v) is 5.09. The molecule has 0 aromatic heterocycles. The fraction of sp³-hybridized carbons (Fsp3) is 0.185. The summed E-state index contributed by atoms with van der Waals surface area (Å²) in [5.74, 6) is -9.09. The molecule has 3 aromatic rings. The molecule has 3 aromatic carbocycles. The number of amides is 2. The van der Waals surface area contributed by atoms with Crippen LogP contribution in [-0.2, 0) is 9.59 Å². The van der Waals surface area contributed by atoms with E-state index in [4.69, 9.17) is 0 Å². The first-order valence-corrected chi connectivity index (χ1v) is 11.0. The minimum Gasteiger partial charge on any atom is -0.314 e. The molecule has 0 spiro atoms. The standard InChI is InChI=1S/C27H20F2N2O4/c1-30-19-9-5-3-7-15(19)24(32)22(26(30)34)21(14-11-12-17(28)18(29)13-14)23-25(33)16-8-4-6-10-20(16)31(2)27(23)35/h3-13,21-23H,1-2H3. The van der Waals surface area contributed by atoms with Crippen molar-refractivity contribution in [3.8, 4) is 0 Å². The van der Waals surface area contributed by atoms with Crippen molar-refractivity contribution in [3.63, 3.8) is 0 Å². The molecule has 0 aliphatic carbocycles. The van der Waals surface area contributed by atoms with Crippen LogP contribution in [-0.4, -0.2) is 37.5 Å². The third-order valence-corrected chi connectivity index (χ3v) is 6.87. The third-order valence-electron chi connectivity index (χ3n) is 6.87. The summed E-state index contributed by atoms with van der Waals surface area (Å²) in [4.78, 5) is 57.0. The first-order valence-electron chi connectivity index (χ1n) is 11.0. The lowest BCUT2D eigenvalue weighted by atomic mass is 9.68. The van der Waals surface area contributed by atoms with E-state index in [1.807, 2.05) is 0 Å². The van der Waals surface area contributed by atoms with Gasteiger partial charge in [-0.25, -0.2) is 8.78 Å². The number of anilines is 2. The monoisotopic (exact) mass is 474 g/mol. The fourth-order valence-electron chi connectivity index (χ4n) is 5.09. The van der Waals surface area contributed by atoms with Crippen LogP contribution in [0.1, 0.15) is 32.2 Å². The van der Waals surface area contributed by atoms with Gasteiger partial charge in [0, 0.05) is 31.1 Å². The summed E-state index contributed by atoms with van der Waals surface area (Å²) >= 11 is 0. The van der Waals surface area contributed by atoms with Crippen molar-refractivity contribution >= 4 is 34.8 Å². The SMILES string of the molecule is CN1C(=O)C(C(c2ccc(F)c(F)c2)C2C(=O)c3ccccc3N(C)C2=O)C(=O)c2ccccc21. The largest absolute Gasteiger partial charge is 0.314 e. The molecule has 2 aliphatic rings. The van der Waals surface area contributed by atoms with Gasteiger partial charge >= 0.3 is 0 Å². The zero-order valence-corrected chi connectivity index (χ0v) is 18.9. The van der Waals surface area contributed by atoms with Crippen molar-refractivity contribution < 1.29 is 28.0 Å². The number of carbonyl (C=O) groups is 4. The number of Topliss-reactive ketones (excluding diaryl/α,β-unsaturated/α-hetero) is 2. The average molecular weight is 474 g/mol. The van der Waals surface area contributed by atoms with Crippen LogP contribution in [0.4, 0.5) is 20.2 Å². The van der Waals surface area contributed by atoms with Crippen molar-refractivity contribution in [2.45, 2.75) is 5.92 Å². The summed E-state index contributed by atoms with van der Waals surface area (Å²) in [5.41, 5.74) is 1.30. The molecule has 2 amide bonds. The van der Waals surface area contributed by atoms with Gasteiger partial charge in [0.15, 0.2) is 23.2 Å². The molecule has 35 heavy (non-hydrogen) atoms. The molecule has 176 valence electrons. The molecule has 6 nitrogen and oxygen atoms in total. The lowest BCUT2D eigenvalue weighted by molar-refractivity contribution is -0.124. The molecule has 2 aliphatic heterocycles. The van der Waals surface area contributed by atoms with Gasteiger partial charge in [-0.1, -0.05) is 30.3 Å². The van der Waals surface area contributed by atoms with E-state index < -0.39 is 52.8 Å². The van der Waals surface area contributed by atoms with Crippen molar-refractivity contribution in [1.29, 1.82) is 0 Å². The Kier molecular flexibility index (Phi) is 5.31. The Hall–Kier alpha value is -4.20. The summed E-state index contributed by atoms with van der Waals surface area (Å²) in [5, 5.41) is 0. The lowest BCUT2D eigenvalue weighted by Crippen LogP contribution is -2.52. The number of halogens is 2. The van der Waals surface area contributed by atoms with Crippen molar-refractivity contribution in [2.75, 3.05) is 23.9 Å². The Morgan fingerprint density at radius 1 is 0.657 bits per heavy atom. The molecule has 0 saturated heterocycles. The average Bonchev–Trinajstić information content (AvgIpc) is 2.87. The Morgan fingerprint density at radius 3 is 1.57 bits per heavy atom. The minimum atomic E-state index is -1.49. The first kappa shape index (κ1) is 22.6. The highest BCUT2D eigenvalue weighted by atomic mass is 19.2. The Labute approximate surface area is 199 Å². The maximum atomic E-state index is 14.4. The van der Waals surface area contributed by atoms with Gasteiger partial charge in [0.1, 0.15) is 11.8 Å². The second-order valence-electron chi connectivity index (χ2n) is 8.71. The molecule has 0 fully saturated rings. The van der Waals surface area contributed by atoms with E-state index in [1.54, 1.807) is 48.5 Å². The number of ketones is 2. The van der Waals surface area contributed by atoms with Crippen LogP contribution in [0.5, 0.6) is 0 Å². The second kappa shape index (κ2) is 8.23. The summed E-state index contributed by atoms with van der Waals surface area (Å²) in [6, 6.07) is 15.9. The van der Waals surface area contributed by atoms with E-state index in [-0.39, 0.29) is 16.7 Å². The van der Waals surface area contributed by atoms with Crippen molar-refractivity contribution in [2.24, 2.45) is 11.8 Å².